The Kier molecular flexibility index (Phi) is 3.68. The number of hydrogen-bond acceptors (Lipinski definition) is 4. The smallest absolute Gasteiger partial charge is 0.313 e. The number of nitrogens with zero attached hydrogens (tertiary/aromatic N) is 2. The number of nitrogens with one attached hydrogen (secondary N) is 1. The summed E-state index contributed by atoms with van der Waals surface area (Å²) in [6, 6.07) is 2.15. The second kappa shape index (κ2) is 5.07. The van der Waals surface area contributed by atoms with Gasteiger partial charge in [0.25, 0.3) is 5.56 Å². The molecule has 2 rings (SSSR count). The molecule has 2 heterocycles. The fourth-order valence-electron chi connectivity index (χ4n) is 1.88. The van der Waals surface area contributed by atoms with E-state index >= 15 is 0 Å². The molecule has 0 fully saturated rings. The van der Waals surface area contributed by atoms with Gasteiger partial charge in [0.2, 0.25) is 0 Å². The number of rotatable bonds is 4. The molecule has 18 heavy (non-hydrogen) atoms. The van der Waals surface area contributed by atoms with Gasteiger partial charge in [0, 0.05) is 26.2 Å². The molecule has 0 spiro atoms. The third-order valence-electron chi connectivity index (χ3n) is 2.85. The highest BCUT2D eigenvalue weighted by Crippen LogP contribution is 2.13. The summed E-state index contributed by atoms with van der Waals surface area (Å²) in [5.74, 6) is 0. The van der Waals surface area contributed by atoms with Crippen LogP contribution in [0.2, 0.25) is 0 Å². The number of thiophene rings is 1. The Morgan fingerprint density at radius 2 is 2.11 bits per heavy atom. The van der Waals surface area contributed by atoms with Crippen LogP contribution in [0.5, 0.6) is 0 Å². The van der Waals surface area contributed by atoms with E-state index in [1.54, 1.807) is 13.1 Å². The monoisotopic (exact) mass is 267 g/mol. The van der Waals surface area contributed by atoms with Crippen LogP contribution in [0.3, 0.4) is 0 Å². The van der Waals surface area contributed by atoms with Crippen LogP contribution in [0.25, 0.3) is 10.2 Å². The van der Waals surface area contributed by atoms with Crippen LogP contribution in [-0.2, 0) is 13.6 Å². The maximum absolute atomic E-state index is 12.2. The zero-order valence-electron chi connectivity index (χ0n) is 10.8. The Morgan fingerprint density at radius 3 is 2.78 bits per heavy atom. The van der Waals surface area contributed by atoms with E-state index in [2.05, 4.69) is 5.32 Å². The van der Waals surface area contributed by atoms with Crippen LogP contribution in [-0.4, -0.2) is 21.7 Å². The number of aromatic nitrogens is 2. The molecule has 5 nitrogen and oxygen atoms in total. The van der Waals surface area contributed by atoms with Crippen LogP contribution in [0.4, 0.5) is 0 Å². The lowest BCUT2D eigenvalue weighted by Gasteiger charge is -2.10. The lowest BCUT2D eigenvalue weighted by atomic mass is 10.4. The molecular formula is C12H17N3O2S. The lowest BCUT2D eigenvalue weighted by Crippen LogP contribution is -2.41. The zero-order valence-corrected chi connectivity index (χ0v) is 11.6. The average Bonchev–Trinajstić information content (AvgIpc) is 2.79. The Balaban J connectivity index is 2.44. The summed E-state index contributed by atoms with van der Waals surface area (Å²) >= 11 is 1.38. The van der Waals surface area contributed by atoms with Gasteiger partial charge in [0.05, 0.1) is 5.52 Å². The van der Waals surface area contributed by atoms with Gasteiger partial charge >= 0.3 is 5.69 Å². The molecule has 6 heteroatoms. The van der Waals surface area contributed by atoms with Gasteiger partial charge in [-0.1, -0.05) is 13.8 Å². The van der Waals surface area contributed by atoms with E-state index in [0.717, 1.165) is 0 Å². The van der Waals surface area contributed by atoms with Gasteiger partial charge in [-0.2, -0.15) is 0 Å². The average molecular weight is 267 g/mol. The first-order chi connectivity index (χ1) is 8.52. The van der Waals surface area contributed by atoms with Gasteiger partial charge in [-0.3, -0.25) is 13.9 Å². The highest BCUT2D eigenvalue weighted by atomic mass is 32.1. The summed E-state index contributed by atoms with van der Waals surface area (Å²) in [6.07, 6.45) is 0. The summed E-state index contributed by atoms with van der Waals surface area (Å²) in [6.45, 7) is 5.08. The first-order valence-electron chi connectivity index (χ1n) is 5.92. The largest absolute Gasteiger partial charge is 0.331 e. The maximum Gasteiger partial charge on any atom is 0.331 e. The molecule has 0 bridgehead atoms. The summed E-state index contributed by atoms with van der Waals surface area (Å²) in [5, 5.41) is 5.04. The molecule has 0 aliphatic carbocycles. The van der Waals surface area contributed by atoms with Gasteiger partial charge in [0.15, 0.2) is 0 Å². The fourth-order valence-corrected chi connectivity index (χ4v) is 2.75. The number of hydrogen-bond donors (Lipinski definition) is 1. The van der Waals surface area contributed by atoms with E-state index in [1.165, 1.54) is 20.5 Å². The minimum Gasteiger partial charge on any atom is -0.313 e. The molecule has 1 N–H and O–H groups in total. The van der Waals surface area contributed by atoms with Crippen molar-refractivity contribution in [3.8, 4) is 0 Å². The van der Waals surface area contributed by atoms with Crippen molar-refractivity contribution in [3.05, 3.63) is 32.3 Å². The standard InChI is InChI=1S/C12H17N3O2S/c1-8(2)13-5-6-15-11(16)10-9(4-7-18-10)14(3)12(15)17/h4,7-8,13H,5-6H2,1-3H3. The molecule has 0 aromatic carbocycles. The second-order valence-corrected chi connectivity index (χ2v) is 5.46. The van der Waals surface area contributed by atoms with E-state index in [1.807, 2.05) is 19.2 Å². The number of fused-ring (bicyclic) bond motifs is 1. The molecule has 0 atom stereocenters. The van der Waals surface area contributed by atoms with E-state index in [9.17, 15) is 9.59 Å². The molecule has 2 aromatic heterocycles. The first kappa shape index (κ1) is 13.0. The van der Waals surface area contributed by atoms with Crippen LogP contribution in [0, 0.1) is 0 Å². The molecule has 0 aliphatic heterocycles. The molecular weight excluding hydrogens is 250 g/mol. The summed E-state index contributed by atoms with van der Waals surface area (Å²) < 4.78 is 3.47. The lowest BCUT2D eigenvalue weighted by molar-refractivity contribution is 0.516. The molecule has 0 unspecified atom stereocenters. The van der Waals surface area contributed by atoms with E-state index in [4.69, 9.17) is 0 Å². The van der Waals surface area contributed by atoms with E-state index < -0.39 is 0 Å². The zero-order chi connectivity index (χ0) is 13.3. The van der Waals surface area contributed by atoms with Crippen molar-refractivity contribution >= 4 is 21.6 Å². The van der Waals surface area contributed by atoms with Gasteiger partial charge in [-0.25, -0.2) is 4.79 Å². The SMILES string of the molecule is CC(C)NCCn1c(=O)c2sccc2n(C)c1=O. The van der Waals surface area contributed by atoms with Crippen LogP contribution in [0.15, 0.2) is 21.0 Å². The minimum atomic E-state index is -0.253. The summed E-state index contributed by atoms with van der Waals surface area (Å²) in [4.78, 5) is 24.3. The molecule has 98 valence electrons. The highest BCUT2D eigenvalue weighted by Gasteiger charge is 2.11. The van der Waals surface area contributed by atoms with Crippen molar-refractivity contribution in [1.29, 1.82) is 0 Å². The van der Waals surface area contributed by atoms with Gasteiger partial charge < -0.3 is 5.32 Å². The maximum atomic E-state index is 12.2. The van der Waals surface area contributed by atoms with E-state index in [-0.39, 0.29) is 11.2 Å². The predicted octanol–water partition coefficient (Wildman–Crippen LogP) is 0.760. The van der Waals surface area contributed by atoms with Crippen LogP contribution in [0.1, 0.15) is 13.8 Å². The fraction of sp³-hybridized carbons (Fsp3) is 0.500. The molecule has 0 aliphatic rings. The Bertz CT molecular complexity index is 666. The predicted molar refractivity (Wildman–Crippen MR) is 74.5 cm³/mol. The highest BCUT2D eigenvalue weighted by molar-refractivity contribution is 7.17. The Morgan fingerprint density at radius 1 is 1.39 bits per heavy atom. The molecule has 0 saturated heterocycles. The van der Waals surface area contributed by atoms with Crippen molar-refractivity contribution in [2.45, 2.75) is 26.4 Å². The quantitative estimate of drug-likeness (QED) is 0.890. The third-order valence-corrected chi connectivity index (χ3v) is 3.74. The van der Waals surface area contributed by atoms with Crippen molar-refractivity contribution in [3.63, 3.8) is 0 Å². The van der Waals surface area contributed by atoms with Crippen molar-refractivity contribution in [2.24, 2.45) is 7.05 Å². The molecule has 0 radical (unpaired) electrons. The molecule has 2 aromatic rings. The molecule has 0 amide bonds. The van der Waals surface area contributed by atoms with E-state index in [0.29, 0.717) is 29.3 Å². The van der Waals surface area contributed by atoms with Gasteiger partial charge in [-0.15, -0.1) is 11.3 Å². The summed E-state index contributed by atoms with van der Waals surface area (Å²) in [5.41, 5.74) is 0.271. The Hall–Kier alpha value is -1.40. The molecule has 0 saturated carbocycles. The topological polar surface area (TPSA) is 56.0 Å². The van der Waals surface area contributed by atoms with Crippen molar-refractivity contribution in [2.75, 3.05) is 6.54 Å². The first-order valence-corrected chi connectivity index (χ1v) is 6.80. The Labute approximate surface area is 109 Å². The van der Waals surface area contributed by atoms with Gasteiger partial charge in [0.1, 0.15) is 4.70 Å². The third kappa shape index (κ3) is 2.26. The number of aryl methyl sites for hydroxylation is 1. The summed E-state index contributed by atoms with van der Waals surface area (Å²) in [7, 11) is 1.70. The second-order valence-electron chi connectivity index (χ2n) is 4.54. The van der Waals surface area contributed by atoms with Crippen LogP contribution >= 0.6 is 11.3 Å². The van der Waals surface area contributed by atoms with Gasteiger partial charge in [-0.05, 0) is 11.4 Å². The van der Waals surface area contributed by atoms with Crippen LogP contribution < -0.4 is 16.6 Å². The van der Waals surface area contributed by atoms with Crippen molar-refractivity contribution in [1.82, 2.24) is 14.5 Å². The normalized spacial score (nSPS) is 11.6. The van der Waals surface area contributed by atoms with Crippen molar-refractivity contribution < 1.29 is 0 Å². The minimum absolute atomic E-state index is 0.186.